The Labute approximate surface area is 119 Å². The molecule has 0 unspecified atom stereocenters. The SMILES string of the molecule is N/C(=N/O)c1ccc(N2CCS(=O)(=O)CC2)c(Br)c1. The van der Waals surface area contributed by atoms with Gasteiger partial charge in [0, 0.05) is 23.1 Å². The van der Waals surface area contributed by atoms with Crippen molar-refractivity contribution in [1.29, 1.82) is 0 Å². The number of rotatable bonds is 2. The minimum Gasteiger partial charge on any atom is -0.409 e. The van der Waals surface area contributed by atoms with Crippen LogP contribution in [0.1, 0.15) is 5.56 Å². The van der Waals surface area contributed by atoms with Crippen LogP contribution in [-0.2, 0) is 9.84 Å². The fraction of sp³-hybridized carbons (Fsp3) is 0.364. The van der Waals surface area contributed by atoms with Gasteiger partial charge in [0.15, 0.2) is 15.7 Å². The van der Waals surface area contributed by atoms with Gasteiger partial charge in [-0.2, -0.15) is 0 Å². The van der Waals surface area contributed by atoms with Gasteiger partial charge in [-0.25, -0.2) is 8.42 Å². The summed E-state index contributed by atoms with van der Waals surface area (Å²) in [5.74, 6) is 0.372. The fourth-order valence-corrected chi connectivity index (χ4v) is 3.76. The van der Waals surface area contributed by atoms with Gasteiger partial charge in [0.1, 0.15) is 0 Å². The van der Waals surface area contributed by atoms with Crippen molar-refractivity contribution in [1.82, 2.24) is 0 Å². The summed E-state index contributed by atoms with van der Waals surface area (Å²) in [6.07, 6.45) is 0. The smallest absolute Gasteiger partial charge is 0.170 e. The van der Waals surface area contributed by atoms with E-state index in [0.717, 1.165) is 10.2 Å². The molecule has 1 saturated heterocycles. The van der Waals surface area contributed by atoms with E-state index in [1.807, 2.05) is 11.0 Å². The topological polar surface area (TPSA) is 96.0 Å². The van der Waals surface area contributed by atoms with Crippen LogP contribution in [0.25, 0.3) is 0 Å². The van der Waals surface area contributed by atoms with Crippen LogP contribution in [0.4, 0.5) is 5.69 Å². The van der Waals surface area contributed by atoms with Gasteiger partial charge < -0.3 is 15.8 Å². The molecule has 6 nitrogen and oxygen atoms in total. The summed E-state index contributed by atoms with van der Waals surface area (Å²) >= 11 is 3.43. The first-order valence-corrected chi connectivity index (χ1v) is 8.27. The van der Waals surface area contributed by atoms with Gasteiger partial charge in [-0.3, -0.25) is 0 Å². The average molecular weight is 348 g/mol. The van der Waals surface area contributed by atoms with Gasteiger partial charge in [-0.1, -0.05) is 5.16 Å². The maximum Gasteiger partial charge on any atom is 0.170 e. The van der Waals surface area contributed by atoms with Gasteiger partial charge in [0.05, 0.1) is 17.2 Å². The molecule has 0 bridgehead atoms. The van der Waals surface area contributed by atoms with E-state index >= 15 is 0 Å². The van der Waals surface area contributed by atoms with Gasteiger partial charge >= 0.3 is 0 Å². The Kier molecular flexibility index (Phi) is 4.00. The Morgan fingerprint density at radius 1 is 1.37 bits per heavy atom. The van der Waals surface area contributed by atoms with Crippen LogP contribution in [0.2, 0.25) is 0 Å². The van der Waals surface area contributed by atoms with Crippen molar-refractivity contribution in [3.63, 3.8) is 0 Å². The zero-order chi connectivity index (χ0) is 14.0. The summed E-state index contributed by atoms with van der Waals surface area (Å²) in [7, 11) is -2.89. The van der Waals surface area contributed by atoms with Crippen molar-refractivity contribution in [2.24, 2.45) is 10.9 Å². The van der Waals surface area contributed by atoms with Crippen LogP contribution in [0.3, 0.4) is 0 Å². The number of oxime groups is 1. The van der Waals surface area contributed by atoms with Gasteiger partial charge in [0.2, 0.25) is 0 Å². The first kappa shape index (κ1) is 14.1. The molecule has 3 N–H and O–H groups in total. The van der Waals surface area contributed by atoms with E-state index in [2.05, 4.69) is 21.1 Å². The summed E-state index contributed by atoms with van der Waals surface area (Å²) in [5.41, 5.74) is 7.02. The molecule has 0 radical (unpaired) electrons. The normalized spacial score (nSPS) is 19.4. The lowest BCUT2D eigenvalue weighted by Gasteiger charge is -2.29. The number of nitrogens with zero attached hydrogens (tertiary/aromatic N) is 2. The van der Waals surface area contributed by atoms with Crippen LogP contribution in [-0.4, -0.2) is 44.1 Å². The molecule has 1 aliphatic rings. The number of hydrogen-bond acceptors (Lipinski definition) is 5. The van der Waals surface area contributed by atoms with Crippen LogP contribution in [0.15, 0.2) is 27.8 Å². The highest BCUT2D eigenvalue weighted by atomic mass is 79.9. The molecule has 1 aromatic carbocycles. The molecule has 0 saturated carbocycles. The Hall–Kier alpha value is -1.28. The first-order valence-electron chi connectivity index (χ1n) is 5.66. The third-order valence-corrected chi connectivity index (χ3v) is 5.28. The van der Waals surface area contributed by atoms with Crippen molar-refractivity contribution in [2.75, 3.05) is 29.5 Å². The van der Waals surface area contributed by atoms with E-state index in [-0.39, 0.29) is 17.3 Å². The second-order valence-electron chi connectivity index (χ2n) is 4.29. The summed E-state index contributed by atoms with van der Waals surface area (Å²) in [6.45, 7) is 0.952. The highest BCUT2D eigenvalue weighted by Gasteiger charge is 2.23. The van der Waals surface area contributed by atoms with Gasteiger partial charge in [0.25, 0.3) is 0 Å². The van der Waals surface area contributed by atoms with E-state index in [4.69, 9.17) is 10.9 Å². The highest BCUT2D eigenvalue weighted by Crippen LogP contribution is 2.28. The maximum atomic E-state index is 11.4. The summed E-state index contributed by atoms with van der Waals surface area (Å²) in [6, 6.07) is 5.31. The van der Waals surface area contributed by atoms with E-state index in [0.29, 0.717) is 18.7 Å². The van der Waals surface area contributed by atoms with E-state index in [1.54, 1.807) is 12.1 Å². The summed E-state index contributed by atoms with van der Waals surface area (Å²) in [5, 5.41) is 11.6. The standard InChI is InChI=1S/C11H14BrN3O3S/c12-9-7-8(11(13)14-16)1-2-10(9)15-3-5-19(17,18)6-4-15/h1-2,7,16H,3-6H2,(H2,13,14). The lowest BCUT2D eigenvalue weighted by atomic mass is 10.2. The van der Waals surface area contributed by atoms with Crippen LogP contribution in [0, 0.1) is 0 Å². The third kappa shape index (κ3) is 3.19. The van der Waals surface area contributed by atoms with Crippen LogP contribution >= 0.6 is 15.9 Å². The molecule has 0 aliphatic carbocycles. The molecule has 1 aromatic rings. The van der Waals surface area contributed by atoms with Crippen molar-refractivity contribution < 1.29 is 13.6 Å². The number of amidine groups is 1. The molecule has 0 amide bonds. The molecular formula is C11H14BrN3O3S. The molecule has 1 fully saturated rings. The predicted octanol–water partition coefficient (Wildman–Crippen LogP) is 0.778. The molecule has 0 aromatic heterocycles. The Morgan fingerprint density at radius 2 is 2.00 bits per heavy atom. The summed E-state index contributed by atoms with van der Waals surface area (Å²) < 4.78 is 23.6. The highest BCUT2D eigenvalue weighted by molar-refractivity contribution is 9.10. The average Bonchev–Trinajstić information content (AvgIpc) is 2.38. The Balaban J connectivity index is 2.23. The number of hydrogen-bond donors (Lipinski definition) is 2. The number of benzene rings is 1. The minimum absolute atomic E-state index is 0.0356. The molecule has 1 aliphatic heterocycles. The number of nitrogens with two attached hydrogens (primary N) is 1. The predicted molar refractivity (Wildman–Crippen MR) is 77.5 cm³/mol. The van der Waals surface area contributed by atoms with Crippen LogP contribution in [0.5, 0.6) is 0 Å². The van der Waals surface area contributed by atoms with Crippen molar-refractivity contribution in [2.45, 2.75) is 0 Å². The Bertz CT molecular complexity index is 602. The molecule has 0 atom stereocenters. The maximum absolute atomic E-state index is 11.4. The second-order valence-corrected chi connectivity index (χ2v) is 7.45. The lowest BCUT2D eigenvalue weighted by molar-refractivity contribution is 0.318. The lowest BCUT2D eigenvalue weighted by Crippen LogP contribution is -2.40. The second kappa shape index (κ2) is 5.38. The number of sulfone groups is 1. The third-order valence-electron chi connectivity index (χ3n) is 3.04. The minimum atomic E-state index is -2.89. The van der Waals surface area contributed by atoms with Crippen LogP contribution < -0.4 is 10.6 Å². The van der Waals surface area contributed by atoms with Gasteiger partial charge in [-0.15, -0.1) is 0 Å². The fourth-order valence-electron chi connectivity index (χ4n) is 1.93. The quantitative estimate of drug-likeness (QED) is 0.356. The van der Waals surface area contributed by atoms with Crippen molar-refractivity contribution >= 4 is 37.3 Å². The monoisotopic (exact) mass is 347 g/mol. The summed E-state index contributed by atoms with van der Waals surface area (Å²) in [4.78, 5) is 2.00. The Morgan fingerprint density at radius 3 is 2.53 bits per heavy atom. The largest absolute Gasteiger partial charge is 0.409 e. The zero-order valence-corrected chi connectivity index (χ0v) is 12.5. The zero-order valence-electron chi connectivity index (χ0n) is 10.1. The number of anilines is 1. The molecule has 1 heterocycles. The molecule has 19 heavy (non-hydrogen) atoms. The molecule has 0 spiro atoms. The molecule has 8 heteroatoms. The first-order chi connectivity index (χ1) is 8.93. The van der Waals surface area contributed by atoms with E-state index in [1.165, 1.54) is 0 Å². The van der Waals surface area contributed by atoms with Gasteiger partial charge in [-0.05, 0) is 34.1 Å². The van der Waals surface area contributed by atoms with Crippen molar-refractivity contribution in [3.05, 3.63) is 28.2 Å². The van der Waals surface area contributed by atoms with E-state index in [9.17, 15) is 8.42 Å². The molecule has 2 rings (SSSR count). The molecular weight excluding hydrogens is 334 g/mol. The number of halogens is 1. The van der Waals surface area contributed by atoms with Crippen molar-refractivity contribution in [3.8, 4) is 0 Å². The molecule has 104 valence electrons. The van der Waals surface area contributed by atoms with E-state index < -0.39 is 9.84 Å².